The van der Waals surface area contributed by atoms with Crippen LogP contribution < -0.4 is 0 Å². The molecule has 0 aliphatic rings. The number of aliphatic hydroxyl groups is 1. The van der Waals surface area contributed by atoms with Gasteiger partial charge in [0.25, 0.3) is 0 Å². The highest BCUT2D eigenvalue weighted by Gasteiger charge is 2.07. The lowest BCUT2D eigenvalue weighted by atomic mass is 10.2. The van der Waals surface area contributed by atoms with Gasteiger partial charge in [-0.25, -0.2) is 4.68 Å². The maximum atomic E-state index is 9.17. The predicted octanol–water partition coefficient (Wildman–Crippen LogP) is 0.428. The summed E-state index contributed by atoms with van der Waals surface area (Å²) in [5.41, 5.74) is 0.834. The number of phenolic OH excluding ortho intramolecular Hbond substituents is 1. The van der Waals surface area contributed by atoms with Crippen LogP contribution in [0.4, 0.5) is 0 Å². The van der Waals surface area contributed by atoms with Crippen LogP contribution in [0.3, 0.4) is 0 Å². The van der Waals surface area contributed by atoms with E-state index in [4.69, 9.17) is 5.11 Å². The van der Waals surface area contributed by atoms with Crippen molar-refractivity contribution < 1.29 is 10.2 Å². The Morgan fingerprint density at radius 1 is 1.19 bits per heavy atom. The summed E-state index contributed by atoms with van der Waals surface area (Å²) in [6.07, 6.45) is 0.607. The van der Waals surface area contributed by atoms with Gasteiger partial charge in [-0.15, -0.1) is 5.10 Å². The number of aliphatic hydroxyl groups excluding tert-OH is 1. The first-order valence-corrected chi connectivity index (χ1v) is 4.97. The van der Waals surface area contributed by atoms with Crippen LogP contribution in [0.25, 0.3) is 11.4 Å². The standard InChI is InChI=1S/C10H12N4O2/c15-7-1-6-14-10(11-12-13-14)8-2-4-9(16)5-3-8/h2-5,15-16H,1,6-7H2. The molecule has 0 saturated heterocycles. The molecule has 2 aromatic rings. The van der Waals surface area contributed by atoms with E-state index in [1.165, 1.54) is 0 Å². The second-order valence-corrected chi connectivity index (χ2v) is 3.35. The average Bonchev–Trinajstić information content (AvgIpc) is 2.75. The van der Waals surface area contributed by atoms with Crippen molar-refractivity contribution in [2.45, 2.75) is 13.0 Å². The molecule has 16 heavy (non-hydrogen) atoms. The molecule has 6 nitrogen and oxygen atoms in total. The van der Waals surface area contributed by atoms with Gasteiger partial charge in [-0.2, -0.15) is 0 Å². The fraction of sp³-hybridized carbons (Fsp3) is 0.300. The lowest BCUT2D eigenvalue weighted by molar-refractivity contribution is 0.276. The van der Waals surface area contributed by atoms with E-state index in [1.54, 1.807) is 28.9 Å². The number of aryl methyl sites for hydroxylation is 1. The first-order valence-electron chi connectivity index (χ1n) is 4.97. The van der Waals surface area contributed by atoms with Crippen LogP contribution in [0.2, 0.25) is 0 Å². The molecule has 0 radical (unpaired) electrons. The van der Waals surface area contributed by atoms with Crippen molar-refractivity contribution in [3.8, 4) is 17.1 Å². The van der Waals surface area contributed by atoms with Crippen molar-refractivity contribution in [3.05, 3.63) is 24.3 Å². The summed E-state index contributed by atoms with van der Waals surface area (Å²) in [6, 6.07) is 6.66. The maximum absolute atomic E-state index is 9.17. The van der Waals surface area contributed by atoms with Crippen LogP contribution in [0, 0.1) is 0 Å². The van der Waals surface area contributed by atoms with Crippen LogP contribution in [0.5, 0.6) is 5.75 Å². The Morgan fingerprint density at radius 2 is 1.94 bits per heavy atom. The number of tetrazole rings is 1. The fourth-order valence-corrected chi connectivity index (χ4v) is 1.39. The largest absolute Gasteiger partial charge is 0.508 e. The highest BCUT2D eigenvalue weighted by atomic mass is 16.3. The van der Waals surface area contributed by atoms with Gasteiger partial charge in [0, 0.05) is 18.7 Å². The summed E-state index contributed by atoms with van der Waals surface area (Å²) >= 11 is 0. The van der Waals surface area contributed by atoms with Crippen molar-refractivity contribution in [2.24, 2.45) is 0 Å². The zero-order valence-corrected chi connectivity index (χ0v) is 8.61. The zero-order valence-electron chi connectivity index (χ0n) is 8.61. The average molecular weight is 220 g/mol. The smallest absolute Gasteiger partial charge is 0.182 e. The Kier molecular flexibility index (Phi) is 3.11. The van der Waals surface area contributed by atoms with Crippen molar-refractivity contribution >= 4 is 0 Å². The molecule has 0 fully saturated rings. The third kappa shape index (κ3) is 2.17. The first-order chi connectivity index (χ1) is 7.81. The Morgan fingerprint density at radius 3 is 2.62 bits per heavy atom. The van der Waals surface area contributed by atoms with Crippen LogP contribution in [-0.2, 0) is 6.54 Å². The number of benzene rings is 1. The van der Waals surface area contributed by atoms with E-state index in [1.807, 2.05) is 0 Å². The fourth-order valence-electron chi connectivity index (χ4n) is 1.39. The molecular formula is C10H12N4O2. The topological polar surface area (TPSA) is 84.1 Å². The van der Waals surface area contributed by atoms with Gasteiger partial charge in [0.05, 0.1) is 0 Å². The number of rotatable bonds is 4. The molecule has 84 valence electrons. The second-order valence-electron chi connectivity index (χ2n) is 3.35. The van der Waals surface area contributed by atoms with Crippen LogP contribution in [-0.4, -0.2) is 37.0 Å². The van der Waals surface area contributed by atoms with Gasteiger partial charge in [0.15, 0.2) is 5.82 Å². The van der Waals surface area contributed by atoms with E-state index in [2.05, 4.69) is 15.5 Å². The summed E-state index contributed by atoms with van der Waals surface area (Å²) in [6.45, 7) is 0.675. The second kappa shape index (κ2) is 4.71. The van der Waals surface area contributed by atoms with Gasteiger partial charge in [-0.05, 0) is 41.1 Å². The van der Waals surface area contributed by atoms with E-state index >= 15 is 0 Å². The minimum atomic E-state index is 0.106. The SMILES string of the molecule is OCCCn1nnnc1-c1ccc(O)cc1. The molecule has 0 unspecified atom stereocenters. The lowest BCUT2D eigenvalue weighted by Crippen LogP contribution is -2.04. The van der Waals surface area contributed by atoms with Gasteiger partial charge < -0.3 is 10.2 Å². The van der Waals surface area contributed by atoms with Crippen LogP contribution in [0.1, 0.15) is 6.42 Å². The summed E-state index contributed by atoms with van der Waals surface area (Å²) in [5.74, 6) is 0.839. The molecule has 1 aromatic heterocycles. The van der Waals surface area contributed by atoms with Gasteiger partial charge in [0.1, 0.15) is 5.75 Å². The molecule has 0 spiro atoms. The molecule has 1 aromatic carbocycles. The number of aromatic hydroxyl groups is 1. The molecular weight excluding hydrogens is 208 g/mol. The van der Waals surface area contributed by atoms with E-state index in [0.717, 1.165) is 5.56 Å². The Labute approximate surface area is 92.2 Å². The van der Waals surface area contributed by atoms with Crippen molar-refractivity contribution in [2.75, 3.05) is 6.61 Å². The minimum Gasteiger partial charge on any atom is -0.508 e. The number of nitrogens with zero attached hydrogens (tertiary/aromatic N) is 4. The third-order valence-electron chi connectivity index (χ3n) is 2.19. The summed E-state index contributed by atoms with van der Waals surface area (Å²) in [5, 5.41) is 29.3. The molecule has 0 aliphatic carbocycles. The van der Waals surface area contributed by atoms with Gasteiger partial charge in [-0.3, -0.25) is 0 Å². The Balaban J connectivity index is 2.26. The van der Waals surface area contributed by atoms with E-state index in [-0.39, 0.29) is 12.4 Å². The monoisotopic (exact) mass is 220 g/mol. The van der Waals surface area contributed by atoms with E-state index in [0.29, 0.717) is 18.8 Å². The van der Waals surface area contributed by atoms with Crippen LogP contribution in [0.15, 0.2) is 24.3 Å². The number of hydrogen-bond donors (Lipinski definition) is 2. The van der Waals surface area contributed by atoms with Gasteiger partial charge in [0.2, 0.25) is 0 Å². The molecule has 2 rings (SSSR count). The molecule has 6 heteroatoms. The minimum absolute atomic E-state index is 0.106. The van der Waals surface area contributed by atoms with Gasteiger partial charge >= 0.3 is 0 Å². The molecule has 0 atom stereocenters. The van der Waals surface area contributed by atoms with E-state index in [9.17, 15) is 5.11 Å². The summed E-state index contributed by atoms with van der Waals surface area (Å²) in [7, 11) is 0. The number of hydrogen-bond acceptors (Lipinski definition) is 5. The quantitative estimate of drug-likeness (QED) is 0.780. The van der Waals surface area contributed by atoms with E-state index < -0.39 is 0 Å². The Bertz CT molecular complexity index is 452. The van der Waals surface area contributed by atoms with Crippen LogP contribution >= 0.6 is 0 Å². The third-order valence-corrected chi connectivity index (χ3v) is 2.19. The van der Waals surface area contributed by atoms with Gasteiger partial charge in [-0.1, -0.05) is 0 Å². The first kappa shape index (κ1) is 10.6. The molecule has 0 bridgehead atoms. The summed E-state index contributed by atoms with van der Waals surface area (Å²) < 4.78 is 1.63. The van der Waals surface area contributed by atoms with Crippen molar-refractivity contribution in [1.82, 2.24) is 20.2 Å². The molecule has 1 heterocycles. The maximum Gasteiger partial charge on any atom is 0.182 e. The molecule has 0 saturated carbocycles. The highest BCUT2D eigenvalue weighted by molar-refractivity contribution is 5.55. The molecule has 2 N–H and O–H groups in total. The Hall–Kier alpha value is -1.95. The predicted molar refractivity (Wildman–Crippen MR) is 56.6 cm³/mol. The number of phenols is 1. The molecule has 0 amide bonds. The normalized spacial score (nSPS) is 10.6. The zero-order chi connectivity index (χ0) is 11.4. The van der Waals surface area contributed by atoms with Crippen molar-refractivity contribution in [1.29, 1.82) is 0 Å². The number of aromatic nitrogens is 4. The van der Waals surface area contributed by atoms with Crippen molar-refractivity contribution in [3.63, 3.8) is 0 Å². The lowest BCUT2D eigenvalue weighted by Gasteiger charge is -2.03. The molecule has 0 aliphatic heterocycles. The summed E-state index contributed by atoms with van der Waals surface area (Å²) in [4.78, 5) is 0. The highest BCUT2D eigenvalue weighted by Crippen LogP contribution is 2.18.